The Morgan fingerprint density at radius 2 is 1.58 bits per heavy atom. The Hall–Kier alpha value is -3.12. The van der Waals surface area contributed by atoms with Gasteiger partial charge in [-0.15, -0.1) is 0 Å². The molecule has 5 nitrogen and oxygen atoms in total. The summed E-state index contributed by atoms with van der Waals surface area (Å²) in [5.41, 5.74) is 1.41. The highest BCUT2D eigenvalue weighted by Crippen LogP contribution is 2.17. The van der Waals surface area contributed by atoms with Crippen molar-refractivity contribution in [1.29, 1.82) is 0 Å². The van der Waals surface area contributed by atoms with Crippen LogP contribution >= 0.6 is 0 Å². The van der Waals surface area contributed by atoms with Crippen LogP contribution in [0.25, 0.3) is 5.69 Å². The summed E-state index contributed by atoms with van der Waals surface area (Å²) in [7, 11) is 0. The standard InChI is InChI=1S/C25H27FN2O3/c26-21-6-4-20(5-7-21)19-31-24-12-15-28(25(29)18-24)22-8-10-23(11-9-22)30-17-16-27-13-2-1-3-14-27/h4-12,15,18H,1-3,13-14,16-17,19H2. The van der Waals surface area contributed by atoms with E-state index in [1.54, 1.807) is 29.0 Å². The first-order chi connectivity index (χ1) is 15.2. The van der Waals surface area contributed by atoms with E-state index < -0.39 is 0 Å². The molecule has 3 aromatic rings. The molecule has 0 radical (unpaired) electrons. The van der Waals surface area contributed by atoms with Crippen molar-refractivity contribution in [2.24, 2.45) is 0 Å². The third kappa shape index (κ3) is 5.95. The molecule has 1 fully saturated rings. The molecule has 0 atom stereocenters. The molecule has 0 N–H and O–H groups in total. The van der Waals surface area contributed by atoms with Gasteiger partial charge in [0.2, 0.25) is 0 Å². The van der Waals surface area contributed by atoms with E-state index in [0.29, 0.717) is 12.4 Å². The molecular formula is C25H27FN2O3. The molecule has 2 aromatic carbocycles. The van der Waals surface area contributed by atoms with E-state index in [-0.39, 0.29) is 18.0 Å². The number of nitrogens with zero attached hydrogens (tertiary/aromatic N) is 2. The van der Waals surface area contributed by atoms with Gasteiger partial charge >= 0.3 is 0 Å². The van der Waals surface area contributed by atoms with Crippen LogP contribution in [0.15, 0.2) is 71.7 Å². The molecule has 6 heteroatoms. The molecule has 0 unspecified atom stereocenters. The van der Waals surface area contributed by atoms with Gasteiger partial charge in [-0.05, 0) is 74.0 Å². The molecule has 0 bridgehead atoms. The zero-order valence-electron chi connectivity index (χ0n) is 17.5. The fraction of sp³-hybridized carbons (Fsp3) is 0.320. The smallest absolute Gasteiger partial charge is 0.258 e. The van der Waals surface area contributed by atoms with E-state index in [1.165, 1.54) is 37.5 Å². The number of aromatic nitrogens is 1. The maximum absolute atomic E-state index is 13.0. The van der Waals surface area contributed by atoms with E-state index in [9.17, 15) is 9.18 Å². The van der Waals surface area contributed by atoms with Crippen LogP contribution in [-0.2, 0) is 6.61 Å². The van der Waals surface area contributed by atoms with Crippen LogP contribution in [0.1, 0.15) is 24.8 Å². The molecule has 1 aromatic heterocycles. The monoisotopic (exact) mass is 422 g/mol. The van der Waals surface area contributed by atoms with Crippen LogP contribution in [0.5, 0.6) is 11.5 Å². The average molecular weight is 423 g/mol. The number of pyridine rings is 1. The van der Waals surface area contributed by atoms with Crippen molar-refractivity contribution in [3.63, 3.8) is 0 Å². The second kappa shape index (κ2) is 10.3. The number of ether oxygens (including phenoxy) is 2. The maximum Gasteiger partial charge on any atom is 0.258 e. The van der Waals surface area contributed by atoms with Crippen LogP contribution in [0.2, 0.25) is 0 Å². The lowest BCUT2D eigenvalue weighted by Gasteiger charge is -2.26. The lowest BCUT2D eigenvalue weighted by molar-refractivity contribution is 0.183. The maximum atomic E-state index is 13.0. The second-order valence-electron chi connectivity index (χ2n) is 7.73. The highest BCUT2D eigenvalue weighted by Gasteiger charge is 2.09. The molecular weight excluding hydrogens is 395 g/mol. The molecule has 1 aliphatic rings. The Bertz CT molecular complexity index is 1030. The van der Waals surface area contributed by atoms with Crippen molar-refractivity contribution in [2.75, 3.05) is 26.2 Å². The Morgan fingerprint density at radius 3 is 2.29 bits per heavy atom. The summed E-state index contributed by atoms with van der Waals surface area (Å²) in [6, 6.07) is 16.8. The minimum Gasteiger partial charge on any atom is -0.492 e. The average Bonchev–Trinajstić information content (AvgIpc) is 2.80. The predicted molar refractivity (Wildman–Crippen MR) is 119 cm³/mol. The minimum absolute atomic E-state index is 0.185. The molecule has 0 spiro atoms. The van der Waals surface area contributed by atoms with Gasteiger partial charge in [-0.25, -0.2) is 4.39 Å². The normalized spacial score (nSPS) is 14.4. The number of piperidine rings is 1. The van der Waals surface area contributed by atoms with Crippen LogP contribution < -0.4 is 15.0 Å². The fourth-order valence-electron chi connectivity index (χ4n) is 3.69. The number of likely N-dealkylation sites (tertiary alicyclic amines) is 1. The van der Waals surface area contributed by atoms with Crippen molar-refractivity contribution >= 4 is 0 Å². The number of hydrogen-bond donors (Lipinski definition) is 0. The topological polar surface area (TPSA) is 43.7 Å². The molecule has 4 rings (SSSR count). The predicted octanol–water partition coefficient (Wildman–Crippen LogP) is 4.42. The van der Waals surface area contributed by atoms with Crippen LogP contribution in [0, 0.1) is 5.82 Å². The number of halogens is 1. The molecule has 1 saturated heterocycles. The Morgan fingerprint density at radius 1 is 0.839 bits per heavy atom. The number of rotatable bonds is 8. The number of benzene rings is 2. The molecule has 0 saturated carbocycles. The highest BCUT2D eigenvalue weighted by atomic mass is 19.1. The van der Waals surface area contributed by atoms with Gasteiger partial charge in [-0.2, -0.15) is 0 Å². The first kappa shape index (κ1) is 21.1. The molecule has 31 heavy (non-hydrogen) atoms. The number of hydrogen-bond acceptors (Lipinski definition) is 4. The Kier molecular flexibility index (Phi) is 6.99. The van der Waals surface area contributed by atoms with Crippen molar-refractivity contribution in [1.82, 2.24) is 9.47 Å². The van der Waals surface area contributed by atoms with Crippen molar-refractivity contribution in [3.05, 3.63) is 88.6 Å². The van der Waals surface area contributed by atoms with Gasteiger partial charge in [0.15, 0.2) is 0 Å². The third-order valence-corrected chi connectivity index (χ3v) is 5.45. The molecule has 0 amide bonds. The van der Waals surface area contributed by atoms with Crippen molar-refractivity contribution in [3.8, 4) is 17.2 Å². The second-order valence-corrected chi connectivity index (χ2v) is 7.73. The fourth-order valence-corrected chi connectivity index (χ4v) is 3.69. The quantitative estimate of drug-likeness (QED) is 0.539. The first-order valence-electron chi connectivity index (χ1n) is 10.7. The summed E-state index contributed by atoms with van der Waals surface area (Å²) >= 11 is 0. The Labute approximate surface area is 181 Å². The summed E-state index contributed by atoms with van der Waals surface area (Å²) in [6.07, 6.45) is 5.58. The highest BCUT2D eigenvalue weighted by molar-refractivity contribution is 5.38. The van der Waals surface area contributed by atoms with E-state index >= 15 is 0 Å². The van der Waals surface area contributed by atoms with Gasteiger partial charge in [-0.3, -0.25) is 14.3 Å². The SMILES string of the molecule is O=c1cc(OCc2ccc(F)cc2)ccn1-c1ccc(OCCN2CCCCC2)cc1. The van der Waals surface area contributed by atoms with E-state index in [1.807, 2.05) is 24.3 Å². The summed E-state index contributed by atoms with van der Waals surface area (Å²) in [4.78, 5) is 15.0. The zero-order valence-corrected chi connectivity index (χ0v) is 17.5. The minimum atomic E-state index is -0.287. The zero-order chi connectivity index (χ0) is 21.5. The van der Waals surface area contributed by atoms with Gasteiger partial charge in [0.05, 0.1) is 0 Å². The van der Waals surface area contributed by atoms with Crippen LogP contribution in [0.3, 0.4) is 0 Å². The molecule has 0 aliphatic carbocycles. The van der Waals surface area contributed by atoms with E-state index in [2.05, 4.69) is 4.90 Å². The molecule has 1 aliphatic heterocycles. The van der Waals surface area contributed by atoms with Gasteiger partial charge in [0, 0.05) is 24.5 Å². The van der Waals surface area contributed by atoms with Crippen LogP contribution in [-0.4, -0.2) is 35.7 Å². The first-order valence-corrected chi connectivity index (χ1v) is 10.7. The lowest BCUT2D eigenvalue weighted by Crippen LogP contribution is -2.33. The lowest BCUT2D eigenvalue weighted by atomic mass is 10.1. The molecule has 2 heterocycles. The summed E-state index contributed by atoms with van der Waals surface area (Å²) in [6.45, 7) is 4.21. The van der Waals surface area contributed by atoms with Crippen molar-refractivity contribution < 1.29 is 13.9 Å². The van der Waals surface area contributed by atoms with Gasteiger partial charge in [-0.1, -0.05) is 18.6 Å². The Balaban J connectivity index is 1.32. The summed E-state index contributed by atoms with van der Waals surface area (Å²) in [5.74, 6) is 0.987. The van der Waals surface area contributed by atoms with E-state index in [0.717, 1.165) is 36.6 Å². The van der Waals surface area contributed by atoms with E-state index in [4.69, 9.17) is 9.47 Å². The summed E-state index contributed by atoms with van der Waals surface area (Å²) < 4.78 is 26.1. The van der Waals surface area contributed by atoms with Gasteiger partial charge in [0.25, 0.3) is 5.56 Å². The van der Waals surface area contributed by atoms with Crippen LogP contribution in [0.4, 0.5) is 4.39 Å². The van der Waals surface area contributed by atoms with Gasteiger partial charge < -0.3 is 9.47 Å². The molecule has 162 valence electrons. The largest absolute Gasteiger partial charge is 0.492 e. The van der Waals surface area contributed by atoms with Gasteiger partial charge in [0.1, 0.15) is 30.5 Å². The third-order valence-electron chi connectivity index (χ3n) is 5.45. The van der Waals surface area contributed by atoms with Crippen molar-refractivity contribution in [2.45, 2.75) is 25.9 Å². The summed E-state index contributed by atoms with van der Waals surface area (Å²) in [5, 5.41) is 0.